The summed E-state index contributed by atoms with van der Waals surface area (Å²) in [5, 5.41) is 3.69. The zero-order valence-corrected chi connectivity index (χ0v) is 13.0. The van der Waals surface area contributed by atoms with Gasteiger partial charge < -0.3 is 15.1 Å². The molecule has 1 aliphatic rings. The van der Waals surface area contributed by atoms with Crippen LogP contribution in [0, 0.1) is 0 Å². The molecule has 0 aliphatic carbocycles. The molecule has 1 aromatic carbocycles. The van der Waals surface area contributed by atoms with Gasteiger partial charge in [0.15, 0.2) is 0 Å². The highest BCUT2D eigenvalue weighted by Crippen LogP contribution is 2.17. The van der Waals surface area contributed by atoms with E-state index in [1.54, 1.807) is 0 Å². The largest absolute Gasteiger partial charge is 0.309 e. The first-order valence-corrected chi connectivity index (χ1v) is 7.91. The lowest BCUT2D eigenvalue weighted by Gasteiger charge is -2.25. The van der Waals surface area contributed by atoms with E-state index in [1.165, 1.54) is 44.5 Å². The zero-order valence-electron chi connectivity index (χ0n) is 13.0. The highest BCUT2D eigenvalue weighted by molar-refractivity contribution is 5.19. The Balaban J connectivity index is 1.81. The third kappa shape index (κ3) is 5.23. The first-order valence-electron chi connectivity index (χ1n) is 7.91. The molecule has 1 aromatic rings. The van der Waals surface area contributed by atoms with Gasteiger partial charge in [0, 0.05) is 12.6 Å². The van der Waals surface area contributed by atoms with Crippen LogP contribution in [0.15, 0.2) is 30.3 Å². The molecule has 3 nitrogen and oxygen atoms in total. The average molecular weight is 275 g/mol. The maximum absolute atomic E-state index is 3.69. The first kappa shape index (κ1) is 15.5. The Bertz CT molecular complexity index is 364. The average Bonchev–Trinajstić information content (AvgIpc) is 2.70. The van der Waals surface area contributed by atoms with Crippen LogP contribution in [0.3, 0.4) is 0 Å². The molecule has 0 spiro atoms. The molecule has 3 heteroatoms. The molecule has 20 heavy (non-hydrogen) atoms. The third-order valence-corrected chi connectivity index (χ3v) is 4.01. The molecular formula is C17H29N3. The van der Waals surface area contributed by atoms with Gasteiger partial charge in [0.1, 0.15) is 0 Å². The molecule has 1 atom stereocenters. The minimum atomic E-state index is 0.493. The fourth-order valence-corrected chi connectivity index (χ4v) is 2.87. The molecule has 1 N–H and O–H groups in total. The summed E-state index contributed by atoms with van der Waals surface area (Å²) in [5.41, 5.74) is 1.42. The number of nitrogens with one attached hydrogen (secondary N) is 1. The second-order valence-electron chi connectivity index (χ2n) is 6.08. The second kappa shape index (κ2) is 8.40. The van der Waals surface area contributed by atoms with E-state index < -0.39 is 0 Å². The van der Waals surface area contributed by atoms with Crippen molar-refractivity contribution >= 4 is 0 Å². The summed E-state index contributed by atoms with van der Waals surface area (Å²) in [6, 6.07) is 11.4. The lowest BCUT2D eigenvalue weighted by atomic mass is 10.1. The predicted octanol–water partition coefficient (Wildman–Crippen LogP) is 2.36. The van der Waals surface area contributed by atoms with Crippen molar-refractivity contribution < 1.29 is 0 Å². The summed E-state index contributed by atoms with van der Waals surface area (Å²) in [6.45, 7) is 5.95. The Morgan fingerprint density at radius 1 is 1.20 bits per heavy atom. The van der Waals surface area contributed by atoms with Crippen LogP contribution < -0.4 is 5.32 Å². The van der Waals surface area contributed by atoms with Crippen LogP contribution in [0.1, 0.15) is 30.9 Å². The van der Waals surface area contributed by atoms with E-state index in [-0.39, 0.29) is 0 Å². The van der Waals surface area contributed by atoms with Crippen molar-refractivity contribution in [3.8, 4) is 0 Å². The van der Waals surface area contributed by atoms with E-state index in [4.69, 9.17) is 0 Å². The molecule has 112 valence electrons. The van der Waals surface area contributed by atoms with Gasteiger partial charge in [-0.3, -0.25) is 0 Å². The molecule has 2 rings (SSSR count). The van der Waals surface area contributed by atoms with Gasteiger partial charge in [0.25, 0.3) is 0 Å². The highest BCUT2D eigenvalue weighted by atomic mass is 15.2. The number of hydrogen-bond acceptors (Lipinski definition) is 3. The Hall–Kier alpha value is -0.900. The van der Waals surface area contributed by atoms with Crippen molar-refractivity contribution in [2.45, 2.75) is 25.3 Å². The van der Waals surface area contributed by atoms with E-state index in [0.29, 0.717) is 6.04 Å². The topological polar surface area (TPSA) is 18.5 Å². The van der Waals surface area contributed by atoms with Crippen molar-refractivity contribution in [3.63, 3.8) is 0 Å². The molecule has 1 fully saturated rings. The van der Waals surface area contributed by atoms with Gasteiger partial charge in [-0.1, -0.05) is 30.3 Å². The number of unbranched alkanes of at least 4 members (excludes halogenated alkanes) is 1. The van der Waals surface area contributed by atoms with Crippen molar-refractivity contribution in [2.24, 2.45) is 0 Å². The van der Waals surface area contributed by atoms with Gasteiger partial charge in [0.2, 0.25) is 0 Å². The summed E-state index contributed by atoms with van der Waals surface area (Å²) in [7, 11) is 4.31. The quantitative estimate of drug-likeness (QED) is 0.804. The van der Waals surface area contributed by atoms with Crippen molar-refractivity contribution in [1.82, 2.24) is 15.1 Å². The summed E-state index contributed by atoms with van der Waals surface area (Å²) in [6.07, 6.45) is 3.86. The Morgan fingerprint density at radius 3 is 2.75 bits per heavy atom. The molecule has 0 aromatic heterocycles. The summed E-state index contributed by atoms with van der Waals surface area (Å²) in [4.78, 5) is 4.91. The van der Waals surface area contributed by atoms with Crippen LogP contribution in [0.4, 0.5) is 0 Å². The highest BCUT2D eigenvalue weighted by Gasteiger charge is 2.18. The molecule has 0 bridgehead atoms. The van der Waals surface area contributed by atoms with Gasteiger partial charge in [-0.05, 0) is 65.1 Å². The lowest BCUT2D eigenvalue weighted by Crippen LogP contribution is -2.32. The number of rotatable bonds is 6. The summed E-state index contributed by atoms with van der Waals surface area (Å²) >= 11 is 0. The Morgan fingerprint density at radius 2 is 2.00 bits per heavy atom. The molecule has 0 radical (unpaired) electrons. The van der Waals surface area contributed by atoms with Crippen LogP contribution in [-0.2, 0) is 0 Å². The van der Waals surface area contributed by atoms with E-state index in [0.717, 1.165) is 13.1 Å². The van der Waals surface area contributed by atoms with Crippen LogP contribution in [0.25, 0.3) is 0 Å². The van der Waals surface area contributed by atoms with Crippen LogP contribution in [0.5, 0.6) is 0 Å². The standard InChI is InChI=1S/C17H29N3/c1-19(2)12-6-7-13-20-14-8-11-18-17(15-20)16-9-4-3-5-10-16/h3-5,9-10,17-18H,6-8,11-15H2,1-2H3. The van der Waals surface area contributed by atoms with E-state index in [2.05, 4.69) is 59.5 Å². The molecular weight excluding hydrogens is 246 g/mol. The summed E-state index contributed by atoms with van der Waals surface area (Å²) < 4.78 is 0. The fraction of sp³-hybridized carbons (Fsp3) is 0.647. The van der Waals surface area contributed by atoms with Crippen molar-refractivity contribution in [2.75, 3.05) is 46.8 Å². The molecule has 1 heterocycles. The van der Waals surface area contributed by atoms with Gasteiger partial charge in [0.05, 0.1) is 0 Å². The lowest BCUT2D eigenvalue weighted by molar-refractivity contribution is 0.257. The van der Waals surface area contributed by atoms with E-state index >= 15 is 0 Å². The van der Waals surface area contributed by atoms with E-state index in [1.807, 2.05) is 0 Å². The zero-order chi connectivity index (χ0) is 14.2. The predicted molar refractivity (Wildman–Crippen MR) is 86.0 cm³/mol. The summed E-state index contributed by atoms with van der Waals surface area (Å²) in [5.74, 6) is 0. The number of nitrogens with zero attached hydrogens (tertiary/aromatic N) is 2. The minimum absolute atomic E-state index is 0.493. The van der Waals surface area contributed by atoms with Crippen molar-refractivity contribution in [3.05, 3.63) is 35.9 Å². The smallest absolute Gasteiger partial charge is 0.0449 e. The monoisotopic (exact) mass is 275 g/mol. The molecule has 1 unspecified atom stereocenters. The van der Waals surface area contributed by atoms with Crippen molar-refractivity contribution in [1.29, 1.82) is 0 Å². The van der Waals surface area contributed by atoms with E-state index in [9.17, 15) is 0 Å². The van der Waals surface area contributed by atoms with Gasteiger partial charge >= 0.3 is 0 Å². The van der Waals surface area contributed by atoms with Gasteiger partial charge in [-0.25, -0.2) is 0 Å². The van der Waals surface area contributed by atoms with Crippen LogP contribution >= 0.6 is 0 Å². The molecule has 0 saturated carbocycles. The van der Waals surface area contributed by atoms with Crippen LogP contribution in [0.2, 0.25) is 0 Å². The SMILES string of the molecule is CN(C)CCCCN1CCCNC(c2ccccc2)C1. The maximum atomic E-state index is 3.69. The molecule has 1 saturated heterocycles. The van der Waals surface area contributed by atoms with Crippen LogP contribution in [-0.4, -0.2) is 56.6 Å². The molecule has 0 amide bonds. The Kier molecular flexibility index (Phi) is 6.51. The maximum Gasteiger partial charge on any atom is 0.0449 e. The first-order chi connectivity index (χ1) is 9.75. The molecule has 1 aliphatic heterocycles. The van der Waals surface area contributed by atoms with Gasteiger partial charge in [-0.15, -0.1) is 0 Å². The third-order valence-electron chi connectivity index (χ3n) is 4.01. The van der Waals surface area contributed by atoms with Gasteiger partial charge in [-0.2, -0.15) is 0 Å². The minimum Gasteiger partial charge on any atom is -0.309 e. The normalized spacial score (nSPS) is 21.1. The number of hydrogen-bond donors (Lipinski definition) is 1. The Labute approximate surface area is 124 Å². The number of benzene rings is 1. The fourth-order valence-electron chi connectivity index (χ4n) is 2.87. The second-order valence-corrected chi connectivity index (χ2v) is 6.08.